The number of urea groups is 1. The van der Waals surface area contributed by atoms with Gasteiger partial charge in [0.1, 0.15) is 10.8 Å². The third-order valence-corrected chi connectivity index (χ3v) is 4.28. The van der Waals surface area contributed by atoms with Gasteiger partial charge in [0.15, 0.2) is 0 Å². The average Bonchev–Trinajstić information content (AvgIpc) is 2.99. The van der Waals surface area contributed by atoms with E-state index in [9.17, 15) is 4.79 Å². The van der Waals surface area contributed by atoms with E-state index < -0.39 is 5.54 Å². The molecule has 0 spiro atoms. The van der Waals surface area contributed by atoms with Gasteiger partial charge in [-0.1, -0.05) is 0 Å². The van der Waals surface area contributed by atoms with Gasteiger partial charge in [-0.3, -0.25) is 0 Å². The minimum Gasteiger partial charge on any atom is -0.469 e. The van der Waals surface area contributed by atoms with E-state index in [0.29, 0.717) is 6.42 Å². The molecule has 0 aliphatic heterocycles. The molecule has 2 heterocycles. The molecular formula is C15H21N3O2S. The largest absolute Gasteiger partial charge is 0.469 e. The molecule has 0 bridgehead atoms. The van der Waals surface area contributed by atoms with E-state index in [0.717, 1.165) is 15.6 Å². The Balaban J connectivity index is 1.88. The fourth-order valence-electron chi connectivity index (χ4n) is 2.02. The number of aryl methyl sites for hydroxylation is 1. The Morgan fingerprint density at radius 3 is 2.86 bits per heavy atom. The van der Waals surface area contributed by atoms with Crippen LogP contribution in [0.5, 0.6) is 0 Å². The summed E-state index contributed by atoms with van der Waals surface area (Å²) in [6.45, 7) is 7.84. The first-order valence-corrected chi connectivity index (χ1v) is 7.72. The molecule has 21 heavy (non-hydrogen) atoms. The monoisotopic (exact) mass is 307 g/mol. The topological polar surface area (TPSA) is 67.2 Å². The maximum atomic E-state index is 12.1. The van der Waals surface area contributed by atoms with Crippen molar-refractivity contribution in [2.24, 2.45) is 0 Å². The second-order valence-corrected chi connectivity index (χ2v) is 6.92. The van der Waals surface area contributed by atoms with Crippen LogP contribution >= 0.6 is 11.3 Å². The van der Waals surface area contributed by atoms with Gasteiger partial charge in [0.25, 0.3) is 0 Å². The number of amides is 2. The van der Waals surface area contributed by atoms with E-state index in [4.69, 9.17) is 4.42 Å². The third-order valence-electron chi connectivity index (χ3n) is 3.05. The van der Waals surface area contributed by atoms with Crippen LogP contribution in [0.25, 0.3) is 0 Å². The van der Waals surface area contributed by atoms with E-state index >= 15 is 0 Å². The molecule has 0 saturated carbocycles. The molecule has 2 aromatic rings. The van der Waals surface area contributed by atoms with Gasteiger partial charge in [-0.2, -0.15) is 0 Å². The maximum absolute atomic E-state index is 12.1. The van der Waals surface area contributed by atoms with Crippen molar-refractivity contribution in [2.75, 3.05) is 0 Å². The van der Waals surface area contributed by atoms with Gasteiger partial charge < -0.3 is 15.1 Å². The van der Waals surface area contributed by atoms with Gasteiger partial charge >= 0.3 is 6.03 Å². The van der Waals surface area contributed by atoms with E-state index in [2.05, 4.69) is 15.6 Å². The maximum Gasteiger partial charge on any atom is 0.315 e. The van der Waals surface area contributed by atoms with Crippen LogP contribution in [0.4, 0.5) is 4.79 Å². The zero-order valence-corrected chi connectivity index (χ0v) is 13.6. The molecule has 1 atom stereocenters. The summed E-state index contributed by atoms with van der Waals surface area (Å²) in [7, 11) is 0. The molecule has 0 fully saturated rings. The number of rotatable bonds is 5. The van der Waals surface area contributed by atoms with Gasteiger partial charge in [0, 0.05) is 23.5 Å². The van der Waals surface area contributed by atoms with Crippen molar-refractivity contribution in [3.63, 3.8) is 0 Å². The number of carbonyl (C=O) groups is 1. The number of carbonyl (C=O) groups excluding carboxylic acids is 1. The Morgan fingerprint density at radius 1 is 1.52 bits per heavy atom. The lowest BCUT2D eigenvalue weighted by atomic mass is 10.1. The summed E-state index contributed by atoms with van der Waals surface area (Å²) < 4.78 is 5.28. The quantitative estimate of drug-likeness (QED) is 0.891. The molecule has 2 N–H and O–H groups in total. The van der Waals surface area contributed by atoms with Crippen LogP contribution in [0.2, 0.25) is 0 Å². The molecule has 2 amide bonds. The number of thiazole rings is 1. The number of hydrogen-bond donors (Lipinski definition) is 2. The van der Waals surface area contributed by atoms with E-state index in [1.165, 1.54) is 0 Å². The predicted octanol–water partition coefficient (Wildman–Crippen LogP) is 3.21. The Bertz CT molecular complexity index is 590. The average molecular weight is 307 g/mol. The predicted molar refractivity (Wildman–Crippen MR) is 83.4 cm³/mol. The van der Waals surface area contributed by atoms with Crippen LogP contribution in [-0.4, -0.2) is 17.1 Å². The molecule has 114 valence electrons. The van der Waals surface area contributed by atoms with E-state index in [-0.39, 0.29) is 12.1 Å². The van der Waals surface area contributed by atoms with E-state index in [1.807, 2.05) is 46.0 Å². The van der Waals surface area contributed by atoms with Gasteiger partial charge in [0.05, 0.1) is 11.8 Å². The van der Waals surface area contributed by atoms with Gasteiger partial charge in [-0.05, 0) is 39.8 Å². The molecule has 6 heteroatoms. The number of hydrogen-bond acceptors (Lipinski definition) is 4. The molecule has 2 aromatic heterocycles. The number of aromatic nitrogens is 1. The van der Waals surface area contributed by atoms with Crippen molar-refractivity contribution in [1.82, 2.24) is 15.6 Å². The Hall–Kier alpha value is -1.82. The molecule has 5 nitrogen and oxygen atoms in total. The molecule has 0 aliphatic carbocycles. The van der Waals surface area contributed by atoms with Crippen molar-refractivity contribution < 1.29 is 9.21 Å². The lowest BCUT2D eigenvalue weighted by Gasteiger charge is -2.25. The summed E-state index contributed by atoms with van der Waals surface area (Å²) in [5, 5.41) is 6.78. The van der Waals surface area contributed by atoms with Crippen LogP contribution in [0.15, 0.2) is 29.0 Å². The molecule has 2 rings (SSSR count). The summed E-state index contributed by atoms with van der Waals surface area (Å²) in [6.07, 6.45) is 4.12. The highest BCUT2D eigenvalue weighted by Crippen LogP contribution is 2.24. The van der Waals surface area contributed by atoms with Gasteiger partial charge in [0.2, 0.25) is 0 Å². The molecule has 0 saturated heterocycles. The summed E-state index contributed by atoms with van der Waals surface area (Å²) >= 11 is 1.59. The number of furan rings is 1. The van der Waals surface area contributed by atoms with Crippen molar-refractivity contribution in [2.45, 2.75) is 45.7 Å². The number of nitrogens with zero attached hydrogens (tertiary/aromatic N) is 1. The minimum atomic E-state index is -0.493. The molecular weight excluding hydrogens is 286 g/mol. The molecule has 1 unspecified atom stereocenters. The first-order valence-electron chi connectivity index (χ1n) is 6.91. The lowest BCUT2D eigenvalue weighted by molar-refractivity contribution is 0.226. The zero-order chi connectivity index (χ0) is 15.5. The summed E-state index contributed by atoms with van der Waals surface area (Å²) in [5.41, 5.74) is -0.493. The molecule has 0 aliphatic rings. The highest BCUT2D eigenvalue weighted by Gasteiger charge is 2.26. The minimum absolute atomic E-state index is 0.00928. The summed E-state index contributed by atoms with van der Waals surface area (Å²) in [4.78, 5) is 17.6. The van der Waals surface area contributed by atoms with Crippen molar-refractivity contribution in [3.05, 3.63) is 40.2 Å². The normalized spacial score (nSPS) is 13.0. The second-order valence-electron chi connectivity index (χ2n) is 5.68. The van der Waals surface area contributed by atoms with Crippen molar-refractivity contribution >= 4 is 17.4 Å². The first-order chi connectivity index (χ1) is 9.87. The summed E-state index contributed by atoms with van der Waals surface area (Å²) in [6, 6.07) is 3.53. The fraction of sp³-hybridized carbons (Fsp3) is 0.467. The third kappa shape index (κ3) is 4.32. The molecule has 0 radical (unpaired) electrons. The Morgan fingerprint density at radius 2 is 2.29 bits per heavy atom. The Kier molecular flexibility index (Phi) is 4.67. The van der Waals surface area contributed by atoms with Crippen molar-refractivity contribution in [3.8, 4) is 0 Å². The van der Waals surface area contributed by atoms with Crippen LogP contribution in [0.3, 0.4) is 0 Å². The molecule has 0 aromatic carbocycles. The fourth-order valence-corrected chi connectivity index (χ4v) is 2.84. The highest BCUT2D eigenvalue weighted by molar-refractivity contribution is 7.11. The van der Waals surface area contributed by atoms with Crippen LogP contribution in [0, 0.1) is 6.92 Å². The lowest BCUT2D eigenvalue weighted by Crippen LogP contribution is -2.49. The van der Waals surface area contributed by atoms with Crippen LogP contribution < -0.4 is 10.6 Å². The SMILES string of the molecule is Cc1cnc(C(C)(C)NC(=O)NC(C)Cc2ccco2)s1. The van der Waals surface area contributed by atoms with Gasteiger partial charge in [-0.15, -0.1) is 11.3 Å². The first kappa shape index (κ1) is 15.6. The van der Waals surface area contributed by atoms with Crippen LogP contribution in [-0.2, 0) is 12.0 Å². The smallest absolute Gasteiger partial charge is 0.315 e. The highest BCUT2D eigenvalue weighted by atomic mass is 32.1. The van der Waals surface area contributed by atoms with Crippen molar-refractivity contribution in [1.29, 1.82) is 0 Å². The zero-order valence-electron chi connectivity index (χ0n) is 12.8. The summed E-state index contributed by atoms with van der Waals surface area (Å²) in [5.74, 6) is 0.859. The standard InChI is InChI=1S/C15H21N3O2S/c1-10(8-12-6-5-7-20-12)17-14(19)18-15(3,4)13-16-9-11(2)21-13/h5-7,9-10H,8H2,1-4H3,(H2,17,18,19). The van der Waals surface area contributed by atoms with E-state index in [1.54, 1.807) is 17.6 Å². The van der Waals surface area contributed by atoms with Crippen LogP contribution in [0.1, 0.15) is 36.4 Å². The Labute approximate surface area is 128 Å². The number of nitrogens with one attached hydrogen (secondary N) is 2. The second kappa shape index (κ2) is 6.30. The van der Waals surface area contributed by atoms with Gasteiger partial charge in [-0.25, -0.2) is 9.78 Å².